The average Bonchev–Trinajstić information content (AvgIpc) is 2.92. The lowest BCUT2D eigenvalue weighted by Crippen LogP contribution is -2.41. The summed E-state index contributed by atoms with van der Waals surface area (Å²) in [6.45, 7) is 6.75. The average molecular weight is 295 g/mol. The van der Waals surface area contributed by atoms with E-state index in [1.54, 1.807) is 0 Å². The molecule has 3 unspecified atom stereocenters. The lowest BCUT2D eigenvalue weighted by molar-refractivity contribution is 0.179. The van der Waals surface area contributed by atoms with Crippen LogP contribution in [0.15, 0.2) is 24.3 Å². The first-order chi connectivity index (χ1) is 9.69. The molecule has 20 heavy (non-hydrogen) atoms. The van der Waals surface area contributed by atoms with Gasteiger partial charge in [0.05, 0.1) is 6.61 Å². The van der Waals surface area contributed by atoms with Gasteiger partial charge in [0.25, 0.3) is 0 Å². The molecule has 1 heterocycles. The van der Waals surface area contributed by atoms with Gasteiger partial charge in [-0.25, -0.2) is 0 Å². The van der Waals surface area contributed by atoms with Crippen molar-refractivity contribution in [1.29, 1.82) is 0 Å². The fraction of sp³-hybridized carbons (Fsp3) is 0.625. The summed E-state index contributed by atoms with van der Waals surface area (Å²) in [5.74, 6) is 1.88. The van der Waals surface area contributed by atoms with E-state index in [1.165, 1.54) is 11.1 Å². The maximum Gasteiger partial charge on any atom is 0.0510 e. The van der Waals surface area contributed by atoms with Gasteiger partial charge in [-0.05, 0) is 25.5 Å². The Balaban J connectivity index is 1.90. The summed E-state index contributed by atoms with van der Waals surface area (Å²) in [5.41, 5.74) is 2.40. The van der Waals surface area contributed by atoms with Crippen molar-refractivity contribution in [2.45, 2.75) is 32.1 Å². The predicted molar refractivity (Wildman–Crippen MR) is 84.3 cm³/mol. The molecule has 1 aromatic carbocycles. The third-order valence-electron chi connectivity index (χ3n) is 3.78. The molecule has 1 saturated heterocycles. The number of ether oxygens (including phenoxy) is 1. The second-order valence-corrected chi connectivity index (χ2v) is 7.03. The number of hydrogen-bond acceptors (Lipinski definition) is 3. The van der Waals surface area contributed by atoms with Crippen LogP contribution in [0.25, 0.3) is 0 Å². The summed E-state index contributed by atoms with van der Waals surface area (Å²) < 4.78 is 17.9. The zero-order chi connectivity index (χ0) is 14.4. The topological polar surface area (TPSA) is 38.3 Å². The van der Waals surface area contributed by atoms with Crippen molar-refractivity contribution in [3.63, 3.8) is 0 Å². The molecule has 1 fully saturated rings. The van der Waals surface area contributed by atoms with Crippen LogP contribution < -0.4 is 5.32 Å². The molecule has 2 rings (SSSR count). The highest BCUT2D eigenvalue weighted by Gasteiger charge is 2.26. The lowest BCUT2D eigenvalue weighted by atomic mass is 10.0. The van der Waals surface area contributed by atoms with Crippen molar-refractivity contribution in [2.75, 3.05) is 25.5 Å². The van der Waals surface area contributed by atoms with E-state index in [2.05, 4.69) is 37.4 Å². The van der Waals surface area contributed by atoms with E-state index < -0.39 is 10.8 Å². The molecule has 3 atom stereocenters. The van der Waals surface area contributed by atoms with E-state index in [9.17, 15) is 4.21 Å². The second-order valence-electron chi connectivity index (χ2n) is 5.53. The van der Waals surface area contributed by atoms with E-state index in [1.807, 2.05) is 6.07 Å². The van der Waals surface area contributed by atoms with Crippen LogP contribution in [0.1, 0.15) is 24.5 Å². The summed E-state index contributed by atoms with van der Waals surface area (Å²) in [5, 5.41) is 3.48. The van der Waals surface area contributed by atoms with Crippen molar-refractivity contribution in [3.05, 3.63) is 35.4 Å². The minimum Gasteiger partial charge on any atom is -0.381 e. The van der Waals surface area contributed by atoms with E-state index in [0.717, 1.165) is 31.9 Å². The highest BCUT2D eigenvalue weighted by Crippen LogP contribution is 2.18. The summed E-state index contributed by atoms with van der Waals surface area (Å²) in [6, 6.07) is 8.61. The highest BCUT2D eigenvalue weighted by atomic mass is 32.2. The fourth-order valence-corrected chi connectivity index (χ4v) is 4.20. The molecular weight excluding hydrogens is 270 g/mol. The predicted octanol–water partition coefficient (Wildman–Crippen LogP) is 2.26. The Morgan fingerprint density at radius 3 is 3.00 bits per heavy atom. The maximum atomic E-state index is 12.4. The third-order valence-corrected chi connectivity index (χ3v) is 5.16. The van der Waals surface area contributed by atoms with Crippen molar-refractivity contribution in [3.8, 4) is 0 Å². The quantitative estimate of drug-likeness (QED) is 0.838. The largest absolute Gasteiger partial charge is 0.381 e. The Kier molecular flexibility index (Phi) is 6.20. The Labute approximate surface area is 124 Å². The molecule has 0 radical (unpaired) electrons. The summed E-state index contributed by atoms with van der Waals surface area (Å²) >= 11 is 0. The first-order valence-corrected chi connectivity index (χ1v) is 8.89. The number of hydrogen-bond donors (Lipinski definition) is 1. The molecule has 1 aromatic rings. The molecule has 4 heteroatoms. The van der Waals surface area contributed by atoms with Crippen LogP contribution in [0, 0.1) is 12.8 Å². The van der Waals surface area contributed by atoms with Gasteiger partial charge < -0.3 is 10.1 Å². The molecule has 1 aliphatic rings. The van der Waals surface area contributed by atoms with Gasteiger partial charge in [0.15, 0.2) is 0 Å². The van der Waals surface area contributed by atoms with Crippen LogP contribution in [-0.4, -0.2) is 35.8 Å². The second kappa shape index (κ2) is 7.91. The minimum atomic E-state index is -0.825. The van der Waals surface area contributed by atoms with Crippen LogP contribution in [0.4, 0.5) is 0 Å². The van der Waals surface area contributed by atoms with Gasteiger partial charge in [0.2, 0.25) is 0 Å². The SMILES string of the molecule is CCNC(CS(=O)Cc1cccc(C)c1)C1CCOC1. The first-order valence-electron chi connectivity index (χ1n) is 7.40. The lowest BCUT2D eigenvalue weighted by Gasteiger charge is -2.22. The van der Waals surface area contributed by atoms with Gasteiger partial charge in [-0.15, -0.1) is 0 Å². The zero-order valence-corrected chi connectivity index (χ0v) is 13.2. The van der Waals surface area contributed by atoms with Gasteiger partial charge in [-0.3, -0.25) is 4.21 Å². The van der Waals surface area contributed by atoms with Crippen molar-refractivity contribution >= 4 is 10.8 Å². The number of aryl methyl sites for hydroxylation is 1. The van der Waals surface area contributed by atoms with Crippen molar-refractivity contribution < 1.29 is 8.95 Å². The van der Waals surface area contributed by atoms with Gasteiger partial charge in [0.1, 0.15) is 0 Å². The summed E-state index contributed by atoms with van der Waals surface area (Å²) in [6.07, 6.45) is 1.08. The Hall–Kier alpha value is -0.710. The van der Waals surface area contributed by atoms with Gasteiger partial charge in [-0.1, -0.05) is 36.8 Å². The van der Waals surface area contributed by atoms with Crippen molar-refractivity contribution in [2.24, 2.45) is 5.92 Å². The summed E-state index contributed by atoms with van der Waals surface area (Å²) in [7, 11) is -0.825. The zero-order valence-electron chi connectivity index (χ0n) is 12.4. The standard InChI is InChI=1S/C16H25NO2S/c1-3-17-16(15-7-8-19-10-15)12-20(18)11-14-6-4-5-13(2)9-14/h4-6,9,15-17H,3,7-8,10-12H2,1-2H3. The van der Waals surface area contributed by atoms with Crippen molar-refractivity contribution in [1.82, 2.24) is 5.32 Å². The summed E-state index contributed by atoms with van der Waals surface area (Å²) in [4.78, 5) is 0. The fourth-order valence-electron chi connectivity index (χ4n) is 2.74. The van der Waals surface area contributed by atoms with Crippen LogP contribution in [0.5, 0.6) is 0 Å². The van der Waals surface area contributed by atoms with Gasteiger partial charge in [-0.2, -0.15) is 0 Å². The molecule has 0 aliphatic carbocycles. The van der Waals surface area contributed by atoms with Crippen LogP contribution in [0.3, 0.4) is 0 Å². The number of rotatable bonds is 7. The molecule has 1 aliphatic heterocycles. The van der Waals surface area contributed by atoms with Crippen LogP contribution in [0.2, 0.25) is 0 Å². The number of benzene rings is 1. The number of nitrogens with one attached hydrogen (secondary N) is 1. The molecule has 112 valence electrons. The maximum absolute atomic E-state index is 12.4. The van der Waals surface area contributed by atoms with E-state index in [-0.39, 0.29) is 0 Å². The smallest absolute Gasteiger partial charge is 0.0510 e. The van der Waals surface area contributed by atoms with Gasteiger partial charge in [0, 0.05) is 40.9 Å². The molecule has 3 nitrogen and oxygen atoms in total. The molecule has 1 N–H and O–H groups in total. The van der Waals surface area contributed by atoms with Crippen LogP contribution >= 0.6 is 0 Å². The van der Waals surface area contributed by atoms with E-state index in [0.29, 0.717) is 17.7 Å². The van der Waals surface area contributed by atoms with Crippen LogP contribution in [-0.2, 0) is 21.3 Å². The Morgan fingerprint density at radius 1 is 1.50 bits per heavy atom. The molecule has 0 spiro atoms. The Bertz CT molecular complexity index is 444. The molecule has 0 amide bonds. The molecule has 0 bridgehead atoms. The van der Waals surface area contributed by atoms with Gasteiger partial charge >= 0.3 is 0 Å². The van der Waals surface area contributed by atoms with E-state index >= 15 is 0 Å². The molecular formula is C16H25NO2S. The molecule has 0 aromatic heterocycles. The normalized spacial score (nSPS) is 21.8. The Morgan fingerprint density at radius 2 is 2.35 bits per heavy atom. The molecule has 0 saturated carbocycles. The highest BCUT2D eigenvalue weighted by molar-refractivity contribution is 7.84. The first kappa shape index (κ1) is 15.7. The minimum absolute atomic E-state index is 0.313. The van der Waals surface area contributed by atoms with E-state index in [4.69, 9.17) is 4.74 Å². The monoisotopic (exact) mass is 295 g/mol. The third kappa shape index (κ3) is 4.69.